The van der Waals surface area contributed by atoms with Crippen molar-refractivity contribution in [2.75, 3.05) is 0 Å². The highest BCUT2D eigenvalue weighted by Crippen LogP contribution is 2.56. The second-order valence-electron chi connectivity index (χ2n) is 8.81. The molecule has 0 heterocycles. The van der Waals surface area contributed by atoms with E-state index < -0.39 is 0 Å². The third-order valence-corrected chi connectivity index (χ3v) is 6.59. The van der Waals surface area contributed by atoms with Crippen LogP contribution in [-0.4, -0.2) is 0 Å². The highest BCUT2D eigenvalue weighted by atomic mass is 14.5. The lowest BCUT2D eigenvalue weighted by molar-refractivity contribution is 0.0193. The maximum atomic E-state index is 2.56. The first-order valence-electron chi connectivity index (χ1n) is 8.84. The Kier molecular flexibility index (Phi) is 4.68. The summed E-state index contributed by atoms with van der Waals surface area (Å²) in [7, 11) is 0. The van der Waals surface area contributed by atoms with Crippen LogP contribution in [0.5, 0.6) is 0 Å². The number of hydrogen-bond donors (Lipinski definition) is 0. The molecule has 0 radical (unpaired) electrons. The SMILES string of the molecule is CC(C)C1CCC(C(C)C)C1C1CCCCC1(C)C. The average molecular weight is 264 g/mol. The maximum absolute atomic E-state index is 2.56. The van der Waals surface area contributed by atoms with Crippen LogP contribution in [0.1, 0.15) is 80.1 Å². The molecule has 0 spiro atoms. The fraction of sp³-hybridized carbons (Fsp3) is 1.00. The molecule has 2 rings (SSSR count). The van der Waals surface area contributed by atoms with Crippen molar-refractivity contribution < 1.29 is 0 Å². The van der Waals surface area contributed by atoms with Gasteiger partial charge in [-0.3, -0.25) is 0 Å². The Morgan fingerprint density at radius 1 is 0.789 bits per heavy atom. The zero-order valence-electron chi connectivity index (χ0n) is 14.2. The summed E-state index contributed by atoms with van der Waals surface area (Å²) in [6.45, 7) is 15.0. The lowest BCUT2D eigenvalue weighted by atomic mass is 9.58. The molecule has 0 heteroatoms. The first-order chi connectivity index (χ1) is 8.84. The molecule has 0 aliphatic heterocycles. The monoisotopic (exact) mass is 264 g/mol. The average Bonchev–Trinajstić information content (AvgIpc) is 2.72. The predicted molar refractivity (Wildman–Crippen MR) is 85.1 cm³/mol. The molecule has 0 amide bonds. The van der Waals surface area contributed by atoms with Crippen LogP contribution in [0.2, 0.25) is 0 Å². The van der Waals surface area contributed by atoms with Crippen molar-refractivity contribution >= 4 is 0 Å². The standard InChI is InChI=1S/C19H36/c1-13(2)15-10-11-16(14(3)4)18(15)17-9-7-8-12-19(17,5)6/h13-18H,7-12H2,1-6H3. The summed E-state index contributed by atoms with van der Waals surface area (Å²) >= 11 is 0. The van der Waals surface area contributed by atoms with Gasteiger partial charge in [-0.25, -0.2) is 0 Å². The maximum Gasteiger partial charge on any atom is -0.0319 e. The summed E-state index contributed by atoms with van der Waals surface area (Å²) < 4.78 is 0. The molecule has 0 aromatic carbocycles. The predicted octanol–water partition coefficient (Wildman–Crippen LogP) is 6.16. The number of hydrogen-bond acceptors (Lipinski definition) is 0. The Balaban J connectivity index is 2.24. The lowest BCUT2D eigenvalue weighted by Crippen LogP contribution is -2.40. The molecule has 2 saturated carbocycles. The van der Waals surface area contributed by atoms with Gasteiger partial charge in [-0.15, -0.1) is 0 Å². The van der Waals surface area contributed by atoms with Crippen LogP contribution in [-0.2, 0) is 0 Å². The van der Waals surface area contributed by atoms with Gasteiger partial charge in [-0.1, -0.05) is 54.4 Å². The normalized spacial score (nSPS) is 39.2. The minimum absolute atomic E-state index is 0.591. The molecule has 0 bridgehead atoms. The number of rotatable bonds is 3. The van der Waals surface area contributed by atoms with Crippen molar-refractivity contribution in [2.45, 2.75) is 80.1 Å². The lowest BCUT2D eigenvalue weighted by Gasteiger charge is -2.47. The molecule has 0 nitrogen and oxygen atoms in total. The van der Waals surface area contributed by atoms with E-state index in [9.17, 15) is 0 Å². The van der Waals surface area contributed by atoms with Gasteiger partial charge in [0, 0.05) is 0 Å². The summed E-state index contributed by atoms with van der Waals surface area (Å²) in [5, 5.41) is 0. The Morgan fingerprint density at radius 3 is 1.74 bits per heavy atom. The molecular weight excluding hydrogens is 228 g/mol. The summed E-state index contributed by atoms with van der Waals surface area (Å²) in [5.74, 6) is 5.75. The van der Waals surface area contributed by atoms with Gasteiger partial charge in [0.25, 0.3) is 0 Å². The Morgan fingerprint density at radius 2 is 1.32 bits per heavy atom. The second kappa shape index (κ2) is 5.78. The summed E-state index contributed by atoms with van der Waals surface area (Å²) in [4.78, 5) is 0. The van der Waals surface area contributed by atoms with Gasteiger partial charge in [0.2, 0.25) is 0 Å². The molecule has 0 saturated heterocycles. The fourth-order valence-electron chi connectivity index (χ4n) is 5.47. The third-order valence-electron chi connectivity index (χ3n) is 6.59. The quantitative estimate of drug-likeness (QED) is 0.573. The first kappa shape index (κ1) is 15.4. The van der Waals surface area contributed by atoms with E-state index in [1.54, 1.807) is 0 Å². The van der Waals surface area contributed by atoms with Gasteiger partial charge in [0.15, 0.2) is 0 Å². The Hall–Kier alpha value is 0. The fourth-order valence-corrected chi connectivity index (χ4v) is 5.47. The summed E-state index contributed by atoms with van der Waals surface area (Å²) in [6.07, 6.45) is 8.92. The van der Waals surface area contributed by atoms with Gasteiger partial charge in [0.1, 0.15) is 0 Å². The smallest absolute Gasteiger partial charge is 0.0319 e. The summed E-state index contributed by atoms with van der Waals surface area (Å²) in [5.41, 5.74) is 0.591. The van der Waals surface area contributed by atoms with E-state index in [1.165, 1.54) is 38.5 Å². The highest BCUT2D eigenvalue weighted by Gasteiger charge is 2.48. The van der Waals surface area contributed by atoms with Crippen LogP contribution in [0, 0.1) is 40.9 Å². The Labute approximate surface area is 121 Å². The van der Waals surface area contributed by atoms with Crippen LogP contribution in [0.25, 0.3) is 0 Å². The Bertz CT molecular complexity index is 270. The van der Waals surface area contributed by atoms with Gasteiger partial charge in [0.05, 0.1) is 0 Å². The van der Waals surface area contributed by atoms with Crippen LogP contribution in [0.4, 0.5) is 0 Å². The largest absolute Gasteiger partial charge is 0.0625 e. The van der Waals surface area contributed by atoms with Crippen molar-refractivity contribution in [1.82, 2.24) is 0 Å². The molecular formula is C19H36. The van der Waals surface area contributed by atoms with Crippen molar-refractivity contribution in [1.29, 1.82) is 0 Å². The van der Waals surface area contributed by atoms with Gasteiger partial charge >= 0.3 is 0 Å². The third kappa shape index (κ3) is 3.03. The van der Waals surface area contributed by atoms with Crippen LogP contribution < -0.4 is 0 Å². The molecule has 2 aliphatic rings. The van der Waals surface area contributed by atoms with Crippen molar-refractivity contribution in [3.63, 3.8) is 0 Å². The second-order valence-corrected chi connectivity index (χ2v) is 8.81. The van der Waals surface area contributed by atoms with Gasteiger partial charge < -0.3 is 0 Å². The van der Waals surface area contributed by atoms with E-state index >= 15 is 0 Å². The van der Waals surface area contributed by atoms with E-state index in [1.807, 2.05) is 0 Å². The summed E-state index contributed by atoms with van der Waals surface area (Å²) in [6, 6.07) is 0. The van der Waals surface area contributed by atoms with E-state index in [0.717, 1.165) is 35.5 Å². The van der Waals surface area contributed by atoms with Crippen molar-refractivity contribution in [3.8, 4) is 0 Å². The first-order valence-corrected chi connectivity index (χ1v) is 8.84. The van der Waals surface area contributed by atoms with Crippen LogP contribution >= 0.6 is 0 Å². The molecule has 0 aromatic heterocycles. The van der Waals surface area contributed by atoms with Crippen molar-refractivity contribution in [3.05, 3.63) is 0 Å². The molecule has 2 aliphatic carbocycles. The topological polar surface area (TPSA) is 0 Å². The van der Waals surface area contributed by atoms with E-state index in [2.05, 4.69) is 41.5 Å². The molecule has 3 unspecified atom stereocenters. The zero-order valence-corrected chi connectivity index (χ0v) is 14.2. The van der Waals surface area contributed by atoms with Crippen molar-refractivity contribution in [2.24, 2.45) is 40.9 Å². The minimum Gasteiger partial charge on any atom is -0.0625 e. The van der Waals surface area contributed by atoms with Gasteiger partial charge in [-0.2, -0.15) is 0 Å². The van der Waals surface area contributed by atoms with E-state index in [4.69, 9.17) is 0 Å². The molecule has 0 N–H and O–H groups in total. The molecule has 19 heavy (non-hydrogen) atoms. The van der Waals surface area contributed by atoms with Gasteiger partial charge in [-0.05, 0) is 66.6 Å². The highest BCUT2D eigenvalue weighted by molar-refractivity contribution is 4.97. The van der Waals surface area contributed by atoms with E-state index in [0.29, 0.717) is 5.41 Å². The molecule has 112 valence electrons. The minimum atomic E-state index is 0.591. The molecule has 0 aromatic rings. The zero-order chi connectivity index (χ0) is 14.2. The molecule has 3 atom stereocenters. The van der Waals surface area contributed by atoms with E-state index in [-0.39, 0.29) is 0 Å². The van der Waals surface area contributed by atoms with Crippen LogP contribution in [0.15, 0.2) is 0 Å². The van der Waals surface area contributed by atoms with Crippen LogP contribution in [0.3, 0.4) is 0 Å². The molecule has 2 fully saturated rings.